The fraction of sp³-hybridized carbons (Fsp3) is 0.212. The molecule has 0 aliphatic carbocycles. The number of aromatic amines is 2. The van der Waals surface area contributed by atoms with Crippen molar-refractivity contribution in [2.75, 3.05) is 58.5 Å². The molecule has 1 amide bonds. The second-order valence-electron chi connectivity index (χ2n) is 11.3. The molecule has 0 spiro atoms. The number of benzene rings is 2. The van der Waals surface area contributed by atoms with E-state index in [4.69, 9.17) is 0 Å². The first kappa shape index (κ1) is 29.0. The minimum absolute atomic E-state index is 0.108. The van der Waals surface area contributed by atoms with E-state index in [2.05, 4.69) is 46.7 Å². The van der Waals surface area contributed by atoms with E-state index in [1.807, 2.05) is 69.5 Å². The maximum Gasteiger partial charge on any atom is 0.238 e. The van der Waals surface area contributed by atoms with Gasteiger partial charge >= 0.3 is 0 Å². The lowest BCUT2D eigenvalue weighted by Crippen LogP contribution is -2.27. The van der Waals surface area contributed by atoms with Gasteiger partial charge in [-0.25, -0.2) is 9.37 Å². The smallest absolute Gasteiger partial charge is 0.238 e. The maximum absolute atomic E-state index is 14.7. The summed E-state index contributed by atoms with van der Waals surface area (Å²) in [7, 11) is 7.70. The molecule has 0 unspecified atom stereocenters. The summed E-state index contributed by atoms with van der Waals surface area (Å²) in [6, 6.07) is 16.8. The Bertz CT molecular complexity index is 1960. The summed E-state index contributed by atoms with van der Waals surface area (Å²) in [5.74, 6) is -0.416. The number of halogens is 1. The zero-order valence-electron chi connectivity index (χ0n) is 25.1. The van der Waals surface area contributed by atoms with Gasteiger partial charge in [-0.05, 0) is 93.4 Å². The third-order valence-electron chi connectivity index (χ3n) is 7.26. The largest absolute Gasteiger partial charge is 0.384 e. The molecule has 11 heteroatoms. The van der Waals surface area contributed by atoms with Crippen molar-refractivity contribution in [3.05, 3.63) is 79.0 Å². The third-order valence-corrected chi connectivity index (χ3v) is 7.26. The van der Waals surface area contributed by atoms with Crippen LogP contribution in [0.25, 0.3) is 55.6 Å². The van der Waals surface area contributed by atoms with Crippen LogP contribution in [0.1, 0.15) is 0 Å². The Labute approximate surface area is 254 Å². The summed E-state index contributed by atoms with van der Waals surface area (Å²) >= 11 is 0. The van der Waals surface area contributed by atoms with Gasteiger partial charge in [0.2, 0.25) is 5.91 Å². The number of anilines is 2. The van der Waals surface area contributed by atoms with Crippen LogP contribution in [-0.4, -0.2) is 88.7 Å². The SMILES string of the molecule is CN(C)CCNc1cc(F)cc(-c2ccnc3[nH]c(-c4n[nH]c5ccc(-c6cncc(NC(=O)CN(C)C)c6)cc45)cc23)c1. The highest BCUT2D eigenvalue weighted by Gasteiger charge is 2.16. The van der Waals surface area contributed by atoms with Crippen molar-refractivity contribution >= 4 is 39.2 Å². The predicted molar refractivity (Wildman–Crippen MR) is 174 cm³/mol. The average molecular weight is 592 g/mol. The van der Waals surface area contributed by atoms with Crippen LogP contribution in [0.3, 0.4) is 0 Å². The highest BCUT2D eigenvalue weighted by Crippen LogP contribution is 2.35. The van der Waals surface area contributed by atoms with Crippen LogP contribution in [0.2, 0.25) is 0 Å². The van der Waals surface area contributed by atoms with Crippen molar-refractivity contribution in [3.63, 3.8) is 0 Å². The van der Waals surface area contributed by atoms with Crippen LogP contribution in [-0.2, 0) is 4.79 Å². The topological polar surface area (TPSA) is 118 Å². The highest BCUT2D eigenvalue weighted by atomic mass is 19.1. The first-order valence-corrected chi connectivity index (χ1v) is 14.3. The van der Waals surface area contributed by atoms with Gasteiger partial charge in [0.05, 0.1) is 29.6 Å². The number of fused-ring (bicyclic) bond motifs is 2. The molecular formula is C33H34FN9O. The lowest BCUT2D eigenvalue weighted by Gasteiger charge is -2.13. The molecular weight excluding hydrogens is 557 g/mol. The molecule has 0 aliphatic heterocycles. The molecule has 2 aromatic carbocycles. The first-order chi connectivity index (χ1) is 21.2. The molecule has 4 aromatic heterocycles. The Morgan fingerprint density at radius 1 is 0.886 bits per heavy atom. The number of hydrogen-bond donors (Lipinski definition) is 4. The van der Waals surface area contributed by atoms with Gasteiger partial charge in [-0.15, -0.1) is 0 Å². The van der Waals surface area contributed by atoms with Gasteiger partial charge < -0.3 is 25.4 Å². The van der Waals surface area contributed by atoms with Gasteiger partial charge in [0.15, 0.2) is 0 Å². The Balaban J connectivity index is 1.33. The maximum atomic E-state index is 14.7. The number of carbonyl (C=O) groups excluding carboxylic acids is 1. The summed E-state index contributed by atoms with van der Waals surface area (Å²) in [6.07, 6.45) is 5.12. The number of carbonyl (C=O) groups is 1. The normalized spacial score (nSPS) is 11.6. The number of H-pyrrole nitrogens is 2. The van der Waals surface area contributed by atoms with E-state index >= 15 is 0 Å². The Morgan fingerprint density at radius 2 is 1.73 bits per heavy atom. The van der Waals surface area contributed by atoms with Crippen LogP contribution >= 0.6 is 0 Å². The van der Waals surface area contributed by atoms with Gasteiger partial charge in [0, 0.05) is 47.5 Å². The van der Waals surface area contributed by atoms with Crippen molar-refractivity contribution in [2.45, 2.75) is 0 Å². The first-order valence-electron chi connectivity index (χ1n) is 14.3. The molecule has 0 atom stereocenters. The number of hydrogen-bond acceptors (Lipinski definition) is 7. The second kappa shape index (κ2) is 12.2. The van der Waals surface area contributed by atoms with Gasteiger partial charge in [0.25, 0.3) is 0 Å². The van der Waals surface area contributed by atoms with E-state index in [0.717, 1.165) is 62.2 Å². The molecule has 0 radical (unpaired) electrons. The summed E-state index contributed by atoms with van der Waals surface area (Å²) in [4.78, 5) is 28.5. The van der Waals surface area contributed by atoms with Crippen molar-refractivity contribution in [1.82, 2.24) is 34.9 Å². The van der Waals surface area contributed by atoms with E-state index in [1.165, 1.54) is 6.07 Å². The van der Waals surface area contributed by atoms with Crippen LogP contribution in [0.15, 0.2) is 73.2 Å². The monoisotopic (exact) mass is 591 g/mol. The molecule has 0 saturated heterocycles. The van der Waals surface area contributed by atoms with Gasteiger partial charge in [-0.2, -0.15) is 5.10 Å². The molecule has 0 bridgehead atoms. The van der Waals surface area contributed by atoms with Gasteiger partial charge in [0.1, 0.15) is 17.2 Å². The van der Waals surface area contributed by atoms with E-state index in [1.54, 1.807) is 24.7 Å². The van der Waals surface area contributed by atoms with Crippen LogP contribution in [0.4, 0.5) is 15.8 Å². The number of nitrogens with zero attached hydrogens (tertiary/aromatic N) is 5. The minimum atomic E-state index is -0.308. The Morgan fingerprint density at radius 3 is 2.55 bits per heavy atom. The van der Waals surface area contributed by atoms with E-state index < -0.39 is 0 Å². The molecule has 0 fully saturated rings. The lowest BCUT2D eigenvalue weighted by atomic mass is 10.0. The molecule has 10 nitrogen and oxygen atoms in total. The fourth-order valence-electron chi connectivity index (χ4n) is 5.23. The zero-order chi connectivity index (χ0) is 30.8. The number of amides is 1. The molecule has 4 N–H and O–H groups in total. The quantitative estimate of drug-likeness (QED) is 0.167. The van der Waals surface area contributed by atoms with E-state index in [-0.39, 0.29) is 18.3 Å². The second-order valence-corrected chi connectivity index (χ2v) is 11.3. The van der Waals surface area contributed by atoms with Gasteiger partial charge in [-0.3, -0.25) is 14.9 Å². The van der Waals surface area contributed by atoms with Crippen molar-refractivity contribution in [2.24, 2.45) is 0 Å². The Hall–Kier alpha value is -5.13. The van der Waals surface area contributed by atoms with Crippen molar-refractivity contribution < 1.29 is 9.18 Å². The van der Waals surface area contributed by atoms with Crippen LogP contribution < -0.4 is 10.6 Å². The fourth-order valence-corrected chi connectivity index (χ4v) is 5.23. The van der Waals surface area contributed by atoms with Crippen LogP contribution in [0, 0.1) is 5.82 Å². The third kappa shape index (κ3) is 6.29. The summed E-state index contributed by atoms with van der Waals surface area (Å²) in [6.45, 7) is 1.82. The number of likely N-dealkylation sites (N-methyl/N-ethyl adjacent to an activating group) is 2. The minimum Gasteiger partial charge on any atom is -0.384 e. The molecule has 0 saturated carbocycles. The summed E-state index contributed by atoms with van der Waals surface area (Å²) < 4.78 is 14.7. The van der Waals surface area contributed by atoms with E-state index in [9.17, 15) is 9.18 Å². The standard InChI is InChI=1S/C33H34FN9O/c1-42(2)10-9-36-24-12-21(11-23(34)15-24)26-7-8-37-33-27(26)16-30(39-33)32-28-14-20(5-6-29(28)40-41-32)22-13-25(18-35-17-22)38-31(44)19-43(3)4/h5-8,11-18,36H,9-10,19H2,1-4H3,(H,37,39)(H,38,44)(H,40,41). The molecule has 6 aromatic rings. The summed E-state index contributed by atoms with van der Waals surface area (Å²) in [5.41, 5.74) is 7.85. The zero-order valence-corrected chi connectivity index (χ0v) is 25.1. The van der Waals surface area contributed by atoms with Crippen molar-refractivity contribution in [1.29, 1.82) is 0 Å². The average Bonchev–Trinajstić information content (AvgIpc) is 3.60. The molecule has 0 aliphatic rings. The molecule has 6 rings (SSSR count). The number of rotatable bonds is 10. The highest BCUT2D eigenvalue weighted by molar-refractivity contribution is 6.01. The number of pyridine rings is 2. The number of aromatic nitrogens is 5. The predicted octanol–water partition coefficient (Wildman–Crippen LogP) is 5.45. The molecule has 4 heterocycles. The molecule has 224 valence electrons. The van der Waals surface area contributed by atoms with Gasteiger partial charge in [-0.1, -0.05) is 6.07 Å². The molecule has 44 heavy (non-hydrogen) atoms. The summed E-state index contributed by atoms with van der Waals surface area (Å²) in [5, 5.41) is 15.7. The number of nitrogens with one attached hydrogen (secondary N) is 4. The van der Waals surface area contributed by atoms with Crippen molar-refractivity contribution in [3.8, 4) is 33.6 Å². The lowest BCUT2D eigenvalue weighted by molar-refractivity contribution is -0.116. The van der Waals surface area contributed by atoms with E-state index in [0.29, 0.717) is 17.9 Å². The Kier molecular flexibility index (Phi) is 8.05. The van der Waals surface area contributed by atoms with Crippen LogP contribution in [0.5, 0.6) is 0 Å².